The molecule has 1 aliphatic carbocycles. The maximum atomic E-state index is 12.0. The van der Waals surface area contributed by atoms with E-state index < -0.39 is 0 Å². The van der Waals surface area contributed by atoms with E-state index in [0.717, 1.165) is 19.6 Å². The van der Waals surface area contributed by atoms with Gasteiger partial charge in [0.15, 0.2) is 0 Å². The Balaban J connectivity index is 1.75. The van der Waals surface area contributed by atoms with E-state index in [1.165, 1.54) is 25.7 Å². The van der Waals surface area contributed by atoms with Crippen LogP contribution in [0, 0.1) is 0 Å². The molecule has 1 aliphatic heterocycles. The van der Waals surface area contributed by atoms with Crippen molar-refractivity contribution in [2.24, 2.45) is 0 Å². The Labute approximate surface area is 104 Å². The van der Waals surface area contributed by atoms with Gasteiger partial charge in [-0.3, -0.25) is 9.69 Å². The first-order valence-electron chi connectivity index (χ1n) is 6.92. The quantitative estimate of drug-likeness (QED) is 0.740. The maximum Gasteiger partial charge on any atom is 0.236 e. The molecule has 98 valence electrons. The van der Waals surface area contributed by atoms with E-state index in [2.05, 4.69) is 17.1 Å². The molecule has 0 spiro atoms. The van der Waals surface area contributed by atoms with Crippen LogP contribution in [0.25, 0.3) is 0 Å². The Bertz CT molecular complexity index is 259. The van der Waals surface area contributed by atoms with Gasteiger partial charge < -0.3 is 10.2 Å². The second kappa shape index (κ2) is 5.83. The van der Waals surface area contributed by atoms with Gasteiger partial charge in [-0.25, -0.2) is 0 Å². The molecule has 4 nitrogen and oxygen atoms in total. The van der Waals surface area contributed by atoms with Crippen molar-refractivity contribution in [1.29, 1.82) is 0 Å². The molecule has 2 fully saturated rings. The summed E-state index contributed by atoms with van der Waals surface area (Å²) in [6, 6.07) is 1.12. The first-order chi connectivity index (χ1) is 8.20. The van der Waals surface area contributed by atoms with Gasteiger partial charge in [-0.2, -0.15) is 0 Å². The van der Waals surface area contributed by atoms with Crippen molar-refractivity contribution >= 4 is 5.91 Å². The number of hydrogen-bond donors (Lipinski definition) is 1. The number of carbonyl (C=O) groups is 1. The van der Waals surface area contributed by atoms with Gasteiger partial charge in [0.25, 0.3) is 0 Å². The molecule has 0 aromatic heterocycles. The van der Waals surface area contributed by atoms with E-state index in [0.29, 0.717) is 18.6 Å². The lowest BCUT2D eigenvalue weighted by Crippen LogP contribution is -2.44. The number of amides is 1. The molecule has 4 heteroatoms. The Morgan fingerprint density at radius 3 is 2.65 bits per heavy atom. The molecule has 1 heterocycles. The lowest BCUT2D eigenvalue weighted by molar-refractivity contribution is -0.131. The van der Waals surface area contributed by atoms with Crippen LogP contribution in [0.1, 0.15) is 32.6 Å². The van der Waals surface area contributed by atoms with Crippen LogP contribution in [-0.2, 0) is 4.79 Å². The number of nitrogens with zero attached hydrogens (tertiary/aromatic N) is 2. The fraction of sp³-hybridized carbons (Fsp3) is 0.923. The third-order valence-electron chi connectivity index (χ3n) is 3.94. The Morgan fingerprint density at radius 1 is 1.35 bits per heavy atom. The van der Waals surface area contributed by atoms with Gasteiger partial charge >= 0.3 is 0 Å². The SMILES string of the molecule is CCN(CC(=O)N(C)C1CC1)CC1CCCN1. The fourth-order valence-corrected chi connectivity index (χ4v) is 2.50. The average molecular weight is 239 g/mol. The summed E-state index contributed by atoms with van der Waals surface area (Å²) < 4.78 is 0. The van der Waals surface area contributed by atoms with E-state index in [1.807, 2.05) is 11.9 Å². The van der Waals surface area contributed by atoms with Gasteiger partial charge in [-0.15, -0.1) is 0 Å². The molecule has 1 unspecified atom stereocenters. The van der Waals surface area contributed by atoms with Crippen LogP contribution >= 0.6 is 0 Å². The maximum absolute atomic E-state index is 12.0. The van der Waals surface area contributed by atoms with Crippen LogP contribution < -0.4 is 5.32 Å². The van der Waals surface area contributed by atoms with Crippen molar-refractivity contribution in [2.45, 2.75) is 44.7 Å². The highest BCUT2D eigenvalue weighted by atomic mass is 16.2. The minimum atomic E-state index is 0.285. The van der Waals surface area contributed by atoms with Crippen molar-refractivity contribution in [3.8, 4) is 0 Å². The van der Waals surface area contributed by atoms with Crippen LogP contribution in [0.5, 0.6) is 0 Å². The molecule has 0 bridgehead atoms. The van der Waals surface area contributed by atoms with Gasteiger partial charge in [-0.05, 0) is 38.8 Å². The van der Waals surface area contributed by atoms with Crippen molar-refractivity contribution in [2.75, 3.05) is 33.2 Å². The number of carbonyl (C=O) groups excluding carboxylic acids is 1. The second-order valence-corrected chi connectivity index (χ2v) is 5.36. The summed E-state index contributed by atoms with van der Waals surface area (Å²) in [4.78, 5) is 16.2. The fourth-order valence-electron chi connectivity index (χ4n) is 2.50. The summed E-state index contributed by atoms with van der Waals surface area (Å²) >= 11 is 0. The molecule has 1 N–H and O–H groups in total. The average Bonchev–Trinajstić information content (AvgIpc) is 3.06. The van der Waals surface area contributed by atoms with E-state index in [-0.39, 0.29) is 5.91 Å². The normalized spacial score (nSPS) is 24.3. The predicted octanol–water partition coefficient (Wildman–Crippen LogP) is 0.681. The summed E-state index contributed by atoms with van der Waals surface area (Å²) in [5, 5.41) is 3.49. The molecule has 1 saturated heterocycles. The Hall–Kier alpha value is -0.610. The molecule has 17 heavy (non-hydrogen) atoms. The topological polar surface area (TPSA) is 35.6 Å². The highest BCUT2D eigenvalue weighted by Crippen LogP contribution is 2.25. The molecule has 2 rings (SSSR count). The van der Waals surface area contributed by atoms with Crippen molar-refractivity contribution in [3.05, 3.63) is 0 Å². The van der Waals surface area contributed by atoms with Crippen LogP contribution in [0.15, 0.2) is 0 Å². The van der Waals surface area contributed by atoms with Gasteiger partial charge in [0.1, 0.15) is 0 Å². The van der Waals surface area contributed by atoms with E-state index in [1.54, 1.807) is 0 Å². The molecular formula is C13H25N3O. The molecular weight excluding hydrogens is 214 g/mol. The van der Waals surface area contributed by atoms with Gasteiger partial charge in [0.2, 0.25) is 5.91 Å². The Morgan fingerprint density at radius 2 is 2.12 bits per heavy atom. The summed E-state index contributed by atoms with van der Waals surface area (Å²) in [5.41, 5.74) is 0. The van der Waals surface area contributed by atoms with E-state index >= 15 is 0 Å². The van der Waals surface area contributed by atoms with Crippen molar-refractivity contribution in [3.63, 3.8) is 0 Å². The summed E-state index contributed by atoms with van der Waals surface area (Å²) in [6.45, 7) is 5.84. The molecule has 0 aromatic rings. The third-order valence-corrected chi connectivity index (χ3v) is 3.94. The largest absolute Gasteiger partial charge is 0.342 e. The standard InChI is InChI=1S/C13H25N3O/c1-3-16(9-11-5-4-8-14-11)10-13(17)15(2)12-6-7-12/h11-12,14H,3-10H2,1-2H3. The van der Waals surface area contributed by atoms with Crippen molar-refractivity contribution < 1.29 is 4.79 Å². The van der Waals surface area contributed by atoms with Crippen LogP contribution in [0.2, 0.25) is 0 Å². The van der Waals surface area contributed by atoms with Crippen molar-refractivity contribution in [1.82, 2.24) is 15.1 Å². The van der Waals surface area contributed by atoms with Crippen LogP contribution in [0.4, 0.5) is 0 Å². The molecule has 1 amide bonds. The zero-order valence-corrected chi connectivity index (χ0v) is 11.1. The highest BCUT2D eigenvalue weighted by molar-refractivity contribution is 5.78. The van der Waals surface area contributed by atoms with E-state index in [4.69, 9.17) is 0 Å². The number of hydrogen-bond acceptors (Lipinski definition) is 3. The zero-order chi connectivity index (χ0) is 12.3. The molecule has 1 saturated carbocycles. The number of nitrogens with one attached hydrogen (secondary N) is 1. The second-order valence-electron chi connectivity index (χ2n) is 5.36. The number of likely N-dealkylation sites (N-methyl/N-ethyl adjacent to an activating group) is 2. The summed E-state index contributed by atoms with van der Waals surface area (Å²) in [5.74, 6) is 0.285. The molecule has 2 aliphatic rings. The zero-order valence-electron chi connectivity index (χ0n) is 11.1. The monoisotopic (exact) mass is 239 g/mol. The Kier molecular flexibility index (Phi) is 4.40. The lowest BCUT2D eigenvalue weighted by atomic mass is 10.2. The minimum Gasteiger partial charge on any atom is -0.342 e. The highest BCUT2D eigenvalue weighted by Gasteiger charge is 2.30. The van der Waals surface area contributed by atoms with Gasteiger partial charge in [0, 0.05) is 25.7 Å². The predicted molar refractivity (Wildman–Crippen MR) is 68.9 cm³/mol. The van der Waals surface area contributed by atoms with Gasteiger partial charge in [0.05, 0.1) is 6.54 Å². The molecule has 1 atom stereocenters. The summed E-state index contributed by atoms with van der Waals surface area (Å²) in [6.07, 6.45) is 4.92. The smallest absolute Gasteiger partial charge is 0.236 e. The molecule has 0 radical (unpaired) electrons. The number of rotatable bonds is 6. The lowest BCUT2D eigenvalue weighted by Gasteiger charge is -2.26. The third kappa shape index (κ3) is 3.68. The summed E-state index contributed by atoms with van der Waals surface area (Å²) in [7, 11) is 1.95. The minimum absolute atomic E-state index is 0.285. The van der Waals surface area contributed by atoms with Crippen LogP contribution in [-0.4, -0.2) is 61.0 Å². The first-order valence-corrected chi connectivity index (χ1v) is 6.92. The van der Waals surface area contributed by atoms with E-state index in [9.17, 15) is 4.79 Å². The van der Waals surface area contributed by atoms with Crippen LogP contribution in [0.3, 0.4) is 0 Å². The first kappa shape index (κ1) is 12.8. The molecule has 0 aromatic carbocycles. The van der Waals surface area contributed by atoms with Gasteiger partial charge in [-0.1, -0.05) is 6.92 Å².